The Bertz CT molecular complexity index is 579. The van der Waals surface area contributed by atoms with Gasteiger partial charge in [0.25, 0.3) is 5.91 Å². The molecule has 1 aliphatic heterocycles. The zero-order valence-corrected chi connectivity index (χ0v) is 15.6. The largest absolute Gasteiger partial charge is 0.272 e. The molecule has 23 heavy (non-hydrogen) atoms. The van der Waals surface area contributed by atoms with Crippen molar-refractivity contribution in [2.75, 3.05) is 18.6 Å². The average molecular weight is 358 g/mol. The summed E-state index contributed by atoms with van der Waals surface area (Å²) in [5, 5.41) is 0. The Morgan fingerprint density at radius 3 is 2.39 bits per heavy atom. The Morgan fingerprint density at radius 2 is 1.87 bits per heavy atom. The monoisotopic (exact) mass is 357 g/mol. The van der Waals surface area contributed by atoms with Gasteiger partial charge in [0.2, 0.25) is 10.0 Å². The maximum Gasteiger partial charge on any atom is 0.252 e. The fraction of sp³-hybridized carbons (Fsp3) is 0.706. The lowest BCUT2D eigenvalue weighted by molar-refractivity contribution is -0.129. The lowest BCUT2D eigenvalue weighted by Gasteiger charge is -2.36. The SMILES string of the molecule is C=CCN(C(=O)C1(CC=C)CC2(CCCCC2)CS1)S(C)(=O)=O. The molecular weight excluding hydrogens is 330 g/mol. The predicted octanol–water partition coefficient (Wildman–Crippen LogP) is 3.36. The van der Waals surface area contributed by atoms with Gasteiger partial charge in [-0.1, -0.05) is 31.4 Å². The van der Waals surface area contributed by atoms with Crippen molar-refractivity contribution in [2.45, 2.75) is 49.7 Å². The third-order valence-corrected chi connectivity index (χ3v) is 7.93. The second-order valence-electron chi connectivity index (χ2n) is 6.90. The van der Waals surface area contributed by atoms with Gasteiger partial charge in [-0.05, 0) is 31.1 Å². The van der Waals surface area contributed by atoms with Crippen molar-refractivity contribution in [3.05, 3.63) is 25.3 Å². The molecule has 1 unspecified atom stereocenters. The molecule has 2 rings (SSSR count). The van der Waals surface area contributed by atoms with Gasteiger partial charge in [-0.15, -0.1) is 24.9 Å². The molecule has 130 valence electrons. The molecule has 1 atom stereocenters. The summed E-state index contributed by atoms with van der Waals surface area (Å²) in [6.45, 7) is 7.42. The number of allylic oxidation sites excluding steroid dienone is 1. The Labute approximate surface area is 144 Å². The summed E-state index contributed by atoms with van der Waals surface area (Å²) in [4.78, 5) is 13.2. The number of hydrogen-bond donors (Lipinski definition) is 0. The molecule has 0 radical (unpaired) electrons. The van der Waals surface area contributed by atoms with E-state index in [4.69, 9.17) is 0 Å². The molecule has 0 aromatic heterocycles. The quantitative estimate of drug-likeness (QED) is 0.684. The van der Waals surface area contributed by atoms with E-state index in [0.717, 1.165) is 35.6 Å². The van der Waals surface area contributed by atoms with Crippen LogP contribution in [0.2, 0.25) is 0 Å². The van der Waals surface area contributed by atoms with Gasteiger partial charge in [0.05, 0.1) is 17.5 Å². The van der Waals surface area contributed by atoms with E-state index in [0.29, 0.717) is 6.42 Å². The fourth-order valence-corrected chi connectivity index (χ4v) is 6.69. The van der Waals surface area contributed by atoms with Gasteiger partial charge < -0.3 is 0 Å². The van der Waals surface area contributed by atoms with Crippen LogP contribution in [0, 0.1) is 5.41 Å². The summed E-state index contributed by atoms with van der Waals surface area (Å²) >= 11 is 1.64. The molecule has 1 amide bonds. The van der Waals surface area contributed by atoms with E-state index in [9.17, 15) is 13.2 Å². The van der Waals surface area contributed by atoms with E-state index in [-0.39, 0.29) is 17.9 Å². The van der Waals surface area contributed by atoms with Crippen molar-refractivity contribution in [1.29, 1.82) is 0 Å². The van der Waals surface area contributed by atoms with Crippen LogP contribution < -0.4 is 0 Å². The maximum atomic E-state index is 13.2. The third-order valence-electron chi connectivity index (χ3n) is 5.02. The second kappa shape index (κ2) is 7.01. The van der Waals surface area contributed by atoms with Crippen molar-refractivity contribution in [2.24, 2.45) is 5.41 Å². The van der Waals surface area contributed by atoms with Gasteiger partial charge in [-0.25, -0.2) is 12.7 Å². The Morgan fingerprint density at radius 1 is 1.22 bits per heavy atom. The zero-order chi connectivity index (χ0) is 17.1. The molecule has 6 heteroatoms. The van der Waals surface area contributed by atoms with E-state index >= 15 is 0 Å². The van der Waals surface area contributed by atoms with Crippen LogP contribution in [0.3, 0.4) is 0 Å². The number of amides is 1. The molecule has 0 N–H and O–H groups in total. The Balaban J connectivity index is 2.31. The van der Waals surface area contributed by atoms with Gasteiger partial charge in [-0.2, -0.15) is 0 Å². The van der Waals surface area contributed by atoms with Gasteiger partial charge >= 0.3 is 0 Å². The normalized spacial score (nSPS) is 26.8. The van der Waals surface area contributed by atoms with Gasteiger partial charge in [0, 0.05) is 5.75 Å². The standard InChI is InChI=1S/C17H27NO3S2/c1-4-9-17(15(19)18(12-5-2)23(3,20)21)13-16(14-22-17)10-7-6-8-11-16/h4-5H,1-2,6-14H2,3H3. The molecule has 1 heterocycles. The van der Waals surface area contributed by atoms with E-state index in [1.165, 1.54) is 25.3 Å². The summed E-state index contributed by atoms with van der Waals surface area (Å²) in [5.74, 6) is 0.644. The van der Waals surface area contributed by atoms with Crippen LogP contribution in [0.1, 0.15) is 44.9 Å². The minimum Gasteiger partial charge on any atom is -0.272 e. The Kier molecular flexibility index (Phi) is 5.67. The highest BCUT2D eigenvalue weighted by Crippen LogP contribution is 2.57. The summed E-state index contributed by atoms with van der Waals surface area (Å²) in [5.41, 5.74) is 0.193. The molecular formula is C17H27NO3S2. The van der Waals surface area contributed by atoms with Crippen molar-refractivity contribution < 1.29 is 13.2 Å². The molecule has 2 aliphatic rings. The molecule has 4 nitrogen and oxygen atoms in total. The number of sulfonamides is 1. The highest BCUT2D eigenvalue weighted by Gasteiger charge is 2.54. The number of rotatable bonds is 6. The molecule has 0 aromatic carbocycles. The van der Waals surface area contributed by atoms with Gasteiger partial charge in [0.1, 0.15) is 0 Å². The van der Waals surface area contributed by atoms with E-state index in [1.807, 2.05) is 0 Å². The number of carbonyl (C=O) groups is 1. The third kappa shape index (κ3) is 3.85. The summed E-state index contributed by atoms with van der Waals surface area (Å²) in [6.07, 6.45) is 11.6. The molecule has 1 spiro atoms. The number of hydrogen-bond acceptors (Lipinski definition) is 4. The van der Waals surface area contributed by atoms with Gasteiger partial charge in [-0.3, -0.25) is 4.79 Å². The first-order chi connectivity index (χ1) is 10.8. The number of thioether (sulfide) groups is 1. The van der Waals surface area contributed by atoms with Crippen LogP contribution in [0.5, 0.6) is 0 Å². The molecule has 1 aliphatic carbocycles. The van der Waals surface area contributed by atoms with Crippen LogP contribution in [-0.2, 0) is 14.8 Å². The number of nitrogens with zero attached hydrogens (tertiary/aromatic N) is 1. The summed E-state index contributed by atoms with van der Waals surface area (Å²) < 4.78 is 24.4. The average Bonchev–Trinajstić information content (AvgIpc) is 2.84. The van der Waals surface area contributed by atoms with Crippen molar-refractivity contribution in [3.8, 4) is 0 Å². The molecule has 0 aromatic rings. The maximum absolute atomic E-state index is 13.2. The lowest BCUT2D eigenvalue weighted by atomic mass is 9.70. The van der Waals surface area contributed by atoms with Crippen LogP contribution in [-0.4, -0.2) is 41.9 Å². The van der Waals surface area contributed by atoms with Crippen molar-refractivity contribution in [1.82, 2.24) is 4.31 Å². The minimum absolute atomic E-state index is 0.0319. The molecule has 0 bridgehead atoms. The molecule has 2 fully saturated rings. The van der Waals surface area contributed by atoms with Gasteiger partial charge in [0.15, 0.2) is 0 Å². The predicted molar refractivity (Wildman–Crippen MR) is 96.9 cm³/mol. The molecule has 1 saturated heterocycles. The van der Waals surface area contributed by atoms with Crippen molar-refractivity contribution in [3.63, 3.8) is 0 Å². The highest BCUT2D eigenvalue weighted by molar-refractivity contribution is 8.01. The minimum atomic E-state index is -3.60. The first-order valence-electron chi connectivity index (χ1n) is 8.17. The summed E-state index contributed by atoms with van der Waals surface area (Å²) in [7, 11) is -3.60. The topological polar surface area (TPSA) is 54.5 Å². The smallest absolute Gasteiger partial charge is 0.252 e. The fourth-order valence-electron chi connectivity index (χ4n) is 3.92. The van der Waals surface area contributed by atoms with E-state index in [1.54, 1.807) is 17.8 Å². The Hall–Kier alpha value is -0.750. The van der Waals surface area contributed by atoms with E-state index < -0.39 is 14.8 Å². The first kappa shape index (κ1) is 18.6. The number of carbonyl (C=O) groups excluding carboxylic acids is 1. The summed E-state index contributed by atoms with van der Waals surface area (Å²) in [6, 6.07) is 0. The zero-order valence-electron chi connectivity index (χ0n) is 13.9. The lowest BCUT2D eigenvalue weighted by Crippen LogP contribution is -2.48. The van der Waals surface area contributed by atoms with Crippen LogP contribution in [0.25, 0.3) is 0 Å². The van der Waals surface area contributed by atoms with Crippen molar-refractivity contribution >= 4 is 27.7 Å². The second-order valence-corrected chi connectivity index (χ2v) is 10.2. The highest BCUT2D eigenvalue weighted by atomic mass is 32.2. The van der Waals surface area contributed by atoms with Crippen LogP contribution in [0.15, 0.2) is 25.3 Å². The van der Waals surface area contributed by atoms with Crippen LogP contribution >= 0.6 is 11.8 Å². The van der Waals surface area contributed by atoms with Crippen LogP contribution in [0.4, 0.5) is 0 Å². The first-order valence-corrected chi connectivity index (χ1v) is 11.0. The molecule has 1 saturated carbocycles. The van der Waals surface area contributed by atoms with E-state index in [2.05, 4.69) is 13.2 Å².